The summed E-state index contributed by atoms with van der Waals surface area (Å²) in [6.45, 7) is 0.665. The van der Waals surface area contributed by atoms with Crippen LogP contribution in [0.15, 0.2) is 11.0 Å². The molecule has 0 bridgehead atoms. The normalized spacial score (nSPS) is 26.5. The smallest absolute Gasteiger partial charge is 0.291 e. The van der Waals surface area contributed by atoms with E-state index in [0.717, 1.165) is 25.7 Å². The number of aliphatic hydroxyl groups is 1. The summed E-state index contributed by atoms with van der Waals surface area (Å²) in [5.41, 5.74) is 0.204. The van der Waals surface area contributed by atoms with Crippen LogP contribution in [0.1, 0.15) is 38.5 Å². The molecule has 1 heterocycles. The highest BCUT2D eigenvalue weighted by molar-refractivity contribution is 6.33. The lowest BCUT2D eigenvalue weighted by Crippen LogP contribution is -2.39. The highest BCUT2D eigenvalue weighted by Crippen LogP contribution is 2.30. The Labute approximate surface area is 122 Å². The molecule has 5 nitrogen and oxygen atoms in total. The molecule has 2 fully saturated rings. The van der Waals surface area contributed by atoms with Gasteiger partial charge in [-0.3, -0.25) is 4.79 Å². The number of hydrogen-bond donors (Lipinski definition) is 2. The van der Waals surface area contributed by atoms with E-state index < -0.39 is 6.10 Å². The number of aliphatic hydroxyl groups excluding tert-OH is 1. The topological polar surface area (TPSA) is 67.2 Å². The van der Waals surface area contributed by atoms with Gasteiger partial charge in [-0.2, -0.15) is 5.10 Å². The first-order chi connectivity index (χ1) is 9.65. The summed E-state index contributed by atoms with van der Waals surface area (Å²) >= 11 is 6.10. The van der Waals surface area contributed by atoms with Gasteiger partial charge < -0.3 is 10.4 Å². The third-order valence-electron chi connectivity index (χ3n) is 4.18. The molecule has 2 saturated carbocycles. The highest BCUT2D eigenvalue weighted by Gasteiger charge is 2.26. The molecule has 1 aromatic heterocycles. The lowest BCUT2D eigenvalue weighted by Gasteiger charge is -2.29. The van der Waals surface area contributed by atoms with Crippen molar-refractivity contribution < 1.29 is 5.11 Å². The van der Waals surface area contributed by atoms with E-state index in [-0.39, 0.29) is 11.6 Å². The quantitative estimate of drug-likeness (QED) is 0.892. The zero-order valence-electron chi connectivity index (χ0n) is 11.4. The minimum atomic E-state index is -0.413. The van der Waals surface area contributed by atoms with Crippen molar-refractivity contribution in [3.05, 3.63) is 21.6 Å². The van der Waals surface area contributed by atoms with Crippen molar-refractivity contribution in [2.24, 2.45) is 5.92 Å². The molecule has 2 aliphatic rings. The van der Waals surface area contributed by atoms with Crippen LogP contribution >= 0.6 is 11.6 Å². The second-order valence-electron chi connectivity index (χ2n) is 5.90. The van der Waals surface area contributed by atoms with Crippen LogP contribution in [0, 0.1) is 5.92 Å². The van der Waals surface area contributed by atoms with Gasteiger partial charge in [0.05, 0.1) is 23.4 Å². The number of anilines is 1. The summed E-state index contributed by atoms with van der Waals surface area (Å²) < 4.78 is 1.49. The van der Waals surface area contributed by atoms with Crippen molar-refractivity contribution in [3.8, 4) is 0 Å². The van der Waals surface area contributed by atoms with Gasteiger partial charge in [0, 0.05) is 6.54 Å². The lowest BCUT2D eigenvalue weighted by atomic mass is 9.92. The van der Waals surface area contributed by atoms with Crippen molar-refractivity contribution in [1.29, 1.82) is 0 Å². The molecule has 0 amide bonds. The Balaban J connectivity index is 1.81. The summed E-state index contributed by atoms with van der Waals surface area (Å²) in [5.74, 6) is 0.578. The molecule has 3 rings (SSSR count). The van der Waals surface area contributed by atoms with E-state index >= 15 is 0 Å². The van der Waals surface area contributed by atoms with Crippen molar-refractivity contribution in [2.45, 2.75) is 57.2 Å². The molecule has 2 unspecified atom stereocenters. The molecular weight excluding hydrogens is 278 g/mol. The summed E-state index contributed by atoms with van der Waals surface area (Å²) in [6.07, 6.45) is 7.18. The average Bonchev–Trinajstić information content (AvgIpc) is 3.24. The zero-order valence-corrected chi connectivity index (χ0v) is 12.1. The standard InChI is InChI=1S/C14H20ClN3O2/c15-10-7-16-18(8-9-5-6-9)14(20)13(10)17-11-3-1-2-4-12(11)19/h7,9,11-12,17,19H,1-6,8H2. The number of halogens is 1. The van der Waals surface area contributed by atoms with Gasteiger partial charge in [-0.1, -0.05) is 24.4 Å². The van der Waals surface area contributed by atoms with Crippen LogP contribution in [0.4, 0.5) is 5.69 Å². The van der Waals surface area contributed by atoms with E-state index in [9.17, 15) is 9.90 Å². The predicted molar refractivity (Wildman–Crippen MR) is 78.1 cm³/mol. The van der Waals surface area contributed by atoms with E-state index in [1.165, 1.54) is 23.7 Å². The van der Waals surface area contributed by atoms with Crippen LogP contribution in [-0.4, -0.2) is 27.0 Å². The summed E-state index contributed by atoms with van der Waals surface area (Å²) in [7, 11) is 0. The first kappa shape index (κ1) is 13.9. The second kappa shape index (κ2) is 5.74. The maximum atomic E-state index is 12.4. The van der Waals surface area contributed by atoms with Crippen LogP contribution in [0.25, 0.3) is 0 Å². The highest BCUT2D eigenvalue weighted by atomic mass is 35.5. The fourth-order valence-electron chi connectivity index (χ4n) is 2.74. The minimum absolute atomic E-state index is 0.0919. The molecular formula is C14H20ClN3O2. The summed E-state index contributed by atoms with van der Waals surface area (Å²) in [6, 6.07) is -0.0919. The zero-order chi connectivity index (χ0) is 14.1. The molecule has 0 spiro atoms. The molecule has 2 N–H and O–H groups in total. The van der Waals surface area contributed by atoms with Crippen LogP contribution in [-0.2, 0) is 6.54 Å². The third kappa shape index (κ3) is 2.99. The van der Waals surface area contributed by atoms with Crippen LogP contribution in [0.5, 0.6) is 0 Å². The number of rotatable bonds is 4. The van der Waals surface area contributed by atoms with Crippen molar-refractivity contribution in [2.75, 3.05) is 5.32 Å². The Morgan fingerprint density at radius 1 is 1.35 bits per heavy atom. The van der Waals surface area contributed by atoms with Crippen LogP contribution < -0.4 is 10.9 Å². The van der Waals surface area contributed by atoms with E-state index in [4.69, 9.17) is 11.6 Å². The van der Waals surface area contributed by atoms with Gasteiger partial charge in [-0.15, -0.1) is 0 Å². The largest absolute Gasteiger partial charge is 0.391 e. The van der Waals surface area contributed by atoms with E-state index in [2.05, 4.69) is 10.4 Å². The molecule has 0 aromatic carbocycles. The Morgan fingerprint density at radius 2 is 2.10 bits per heavy atom. The van der Waals surface area contributed by atoms with Crippen molar-refractivity contribution in [3.63, 3.8) is 0 Å². The van der Waals surface area contributed by atoms with E-state index in [0.29, 0.717) is 23.2 Å². The van der Waals surface area contributed by atoms with Gasteiger partial charge in [0.1, 0.15) is 5.69 Å². The van der Waals surface area contributed by atoms with E-state index in [1.54, 1.807) is 0 Å². The van der Waals surface area contributed by atoms with Crippen LogP contribution in [0.2, 0.25) is 5.02 Å². The fraction of sp³-hybridized carbons (Fsp3) is 0.714. The average molecular weight is 298 g/mol. The van der Waals surface area contributed by atoms with Crippen LogP contribution in [0.3, 0.4) is 0 Å². The SMILES string of the molecule is O=c1c(NC2CCCCC2O)c(Cl)cnn1CC1CC1. The first-order valence-electron chi connectivity index (χ1n) is 7.35. The Hall–Kier alpha value is -1.07. The van der Waals surface area contributed by atoms with Gasteiger partial charge >= 0.3 is 0 Å². The summed E-state index contributed by atoms with van der Waals surface area (Å²) in [5, 5.41) is 17.6. The number of hydrogen-bond acceptors (Lipinski definition) is 4. The van der Waals surface area contributed by atoms with Gasteiger partial charge in [-0.05, 0) is 31.6 Å². The molecule has 2 atom stereocenters. The number of nitrogens with zero attached hydrogens (tertiary/aromatic N) is 2. The number of aromatic nitrogens is 2. The van der Waals surface area contributed by atoms with Gasteiger partial charge in [0.15, 0.2) is 0 Å². The molecule has 0 radical (unpaired) electrons. The van der Waals surface area contributed by atoms with Gasteiger partial charge in [-0.25, -0.2) is 4.68 Å². The summed E-state index contributed by atoms with van der Waals surface area (Å²) in [4.78, 5) is 12.4. The van der Waals surface area contributed by atoms with Gasteiger partial charge in [0.2, 0.25) is 0 Å². The fourth-order valence-corrected chi connectivity index (χ4v) is 2.92. The molecule has 0 aliphatic heterocycles. The molecule has 1 aromatic rings. The molecule has 0 saturated heterocycles. The molecule has 110 valence electrons. The predicted octanol–water partition coefficient (Wildman–Crippen LogP) is 2.02. The maximum absolute atomic E-state index is 12.4. The lowest BCUT2D eigenvalue weighted by molar-refractivity contribution is 0.116. The van der Waals surface area contributed by atoms with Crippen molar-refractivity contribution >= 4 is 17.3 Å². The Bertz CT molecular complexity index is 542. The Kier molecular flexibility index (Phi) is 3.98. The molecule has 2 aliphatic carbocycles. The molecule has 6 heteroatoms. The van der Waals surface area contributed by atoms with Gasteiger partial charge in [0.25, 0.3) is 5.56 Å². The minimum Gasteiger partial charge on any atom is -0.391 e. The molecule has 20 heavy (non-hydrogen) atoms. The first-order valence-corrected chi connectivity index (χ1v) is 7.73. The van der Waals surface area contributed by atoms with E-state index in [1.807, 2.05) is 0 Å². The maximum Gasteiger partial charge on any atom is 0.291 e. The van der Waals surface area contributed by atoms with Crippen molar-refractivity contribution in [1.82, 2.24) is 9.78 Å². The third-order valence-corrected chi connectivity index (χ3v) is 4.47. The second-order valence-corrected chi connectivity index (χ2v) is 6.31. The monoisotopic (exact) mass is 297 g/mol. The Morgan fingerprint density at radius 3 is 2.80 bits per heavy atom. The number of nitrogens with one attached hydrogen (secondary N) is 1.